The van der Waals surface area contributed by atoms with Crippen LogP contribution in [0.2, 0.25) is 0 Å². The fraction of sp³-hybridized carbons (Fsp3) is 0.0833. The maximum atomic E-state index is 13.4. The molecular weight excluding hydrogens is 987 g/mol. The van der Waals surface area contributed by atoms with Crippen molar-refractivity contribution in [2.24, 2.45) is 0 Å². The van der Waals surface area contributed by atoms with E-state index in [-0.39, 0.29) is 46.1 Å². The Hall–Kier alpha value is -4.14. The highest BCUT2D eigenvalue weighted by Gasteiger charge is 2.30. The van der Waals surface area contributed by atoms with Crippen LogP contribution in [0.15, 0.2) is 96.3 Å². The molecule has 4 aromatic carbocycles. The largest absolute Gasteiger partial charge is 0.508 e. The molecule has 0 fully saturated rings. The van der Waals surface area contributed by atoms with Crippen LogP contribution in [0.1, 0.15) is 37.4 Å². The van der Waals surface area contributed by atoms with Gasteiger partial charge in [-0.1, -0.05) is 18.2 Å². The summed E-state index contributed by atoms with van der Waals surface area (Å²) >= 11 is 6.16. The highest BCUT2D eigenvalue weighted by molar-refractivity contribution is 14.1. The molecule has 0 spiro atoms. The summed E-state index contributed by atoms with van der Waals surface area (Å²) in [6.45, 7) is 0. The first kappa shape index (κ1) is 35.7. The monoisotopic (exact) mass is 1010 g/mol. The number of amides is 1. The van der Waals surface area contributed by atoms with Crippen molar-refractivity contribution in [2.75, 3.05) is 0 Å². The average molecular weight is 1010 g/mol. The van der Waals surface area contributed by atoms with Crippen LogP contribution in [0.5, 0.6) is 28.7 Å². The molecule has 0 bridgehead atoms. The number of nitrogens with one attached hydrogen (secondary N) is 1. The van der Waals surface area contributed by atoms with Crippen molar-refractivity contribution in [3.8, 4) is 28.7 Å². The Bertz CT molecular complexity index is 2170. The van der Waals surface area contributed by atoms with Gasteiger partial charge in [-0.3, -0.25) is 4.79 Å². The van der Waals surface area contributed by atoms with Crippen molar-refractivity contribution in [1.29, 1.82) is 0 Å². The molecule has 1 amide bonds. The third-order valence-corrected chi connectivity index (χ3v) is 10.3. The Kier molecular flexibility index (Phi) is 10.4. The van der Waals surface area contributed by atoms with E-state index in [4.69, 9.17) is 9.47 Å². The van der Waals surface area contributed by atoms with Crippen molar-refractivity contribution >= 4 is 91.2 Å². The molecule has 2 atom stereocenters. The quantitative estimate of drug-likeness (QED) is 0.0973. The number of ether oxygens (including phenoxy) is 2. The molecule has 0 aromatic heterocycles. The summed E-state index contributed by atoms with van der Waals surface area (Å²) < 4.78 is 14.0. The van der Waals surface area contributed by atoms with Gasteiger partial charge in [-0.05, 0) is 140 Å². The number of aliphatic hydroxyl groups is 1. The van der Waals surface area contributed by atoms with E-state index in [9.17, 15) is 39.9 Å². The Balaban J connectivity index is 1.28. The summed E-state index contributed by atoms with van der Waals surface area (Å²) in [5.41, 5.74) is 2.00. The van der Waals surface area contributed by atoms with E-state index < -0.39 is 30.0 Å². The van der Waals surface area contributed by atoms with Crippen LogP contribution >= 0.6 is 67.8 Å². The number of aromatic carboxylic acids is 1. The zero-order valence-electron chi connectivity index (χ0n) is 25.4. The summed E-state index contributed by atoms with van der Waals surface area (Å²) in [5, 5.41) is 52.9. The molecule has 0 saturated carbocycles. The van der Waals surface area contributed by atoms with Gasteiger partial charge in [0.2, 0.25) is 0 Å². The summed E-state index contributed by atoms with van der Waals surface area (Å²) in [4.78, 5) is 38.4. The van der Waals surface area contributed by atoms with Gasteiger partial charge in [0, 0.05) is 34.8 Å². The van der Waals surface area contributed by atoms with Gasteiger partial charge in [-0.2, -0.15) is 0 Å². The number of hydrogen-bond donors (Lipinski definition) is 6. The number of benzene rings is 4. The van der Waals surface area contributed by atoms with Crippen LogP contribution in [0.3, 0.4) is 0 Å². The number of rotatable bonds is 9. The predicted octanol–water partition coefficient (Wildman–Crippen LogP) is 6.84. The Morgan fingerprint density at radius 1 is 0.880 bits per heavy atom. The standard InChI is InChI=1S/C36H24I3NO10/c37-25-15-20(4-8-29(25)43)49-33-26(38)9-16(10-27(33)39)11-28(36(47)48)40-34(44)17-1-5-21(24(12-17)35(45)46)32-22-6-2-18(41)13-30(22)50-31-14-19(42)3-7-23(31)32/h1-10,12-15,18,28,41-43H,11H2,(H,40,44)(H,45,46)(H,47,48). The molecule has 1 heterocycles. The molecule has 11 nitrogen and oxygen atoms in total. The van der Waals surface area contributed by atoms with Gasteiger partial charge in [0.05, 0.1) is 22.4 Å². The van der Waals surface area contributed by atoms with Gasteiger partial charge in [0.15, 0.2) is 5.75 Å². The smallest absolute Gasteiger partial charge is 0.336 e. The Labute approximate surface area is 325 Å². The van der Waals surface area contributed by atoms with E-state index in [1.807, 2.05) is 22.6 Å². The second-order valence-electron chi connectivity index (χ2n) is 11.2. The molecular formula is C36H24I3NO10. The molecule has 4 aromatic rings. The molecule has 14 heteroatoms. The number of aliphatic carboxylic acids is 1. The zero-order chi connectivity index (χ0) is 35.9. The fourth-order valence-electron chi connectivity index (χ4n) is 5.48. The number of allylic oxidation sites excluding steroid dienone is 1. The molecule has 2 aliphatic rings. The summed E-state index contributed by atoms with van der Waals surface area (Å²) in [7, 11) is 0. The molecule has 0 radical (unpaired) electrons. The number of phenolic OH excluding ortho intramolecular Hbond substituents is 2. The molecule has 6 rings (SSSR count). The van der Waals surface area contributed by atoms with Crippen LogP contribution < -0.4 is 14.8 Å². The van der Waals surface area contributed by atoms with E-state index in [0.29, 0.717) is 44.5 Å². The lowest BCUT2D eigenvalue weighted by atomic mass is 9.85. The van der Waals surface area contributed by atoms with E-state index in [1.165, 1.54) is 48.6 Å². The number of aliphatic hydroxyl groups excluding tert-OH is 1. The molecule has 6 N–H and O–H groups in total. The minimum atomic E-state index is -1.35. The van der Waals surface area contributed by atoms with Crippen LogP contribution in [-0.4, -0.2) is 55.5 Å². The number of hydrogen-bond acceptors (Lipinski definition) is 8. The van der Waals surface area contributed by atoms with Crippen LogP contribution in [-0.2, 0) is 11.2 Å². The number of fused-ring (bicyclic) bond motifs is 2. The second-order valence-corrected chi connectivity index (χ2v) is 14.7. The lowest BCUT2D eigenvalue weighted by molar-refractivity contribution is -0.139. The minimum absolute atomic E-state index is 0.0668. The van der Waals surface area contributed by atoms with Gasteiger partial charge < -0.3 is 40.3 Å². The van der Waals surface area contributed by atoms with E-state index >= 15 is 0 Å². The molecule has 1 aliphatic heterocycles. The van der Waals surface area contributed by atoms with Crippen LogP contribution in [0, 0.1) is 10.7 Å². The zero-order valence-corrected chi connectivity index (χ0v) is 31.8. The Morgan fingerprint density at radius 2 is 1.60 bits per heavy atom. The van der Waals surface area contributed by atoms with Crippen molar-refractivity contribution in [3.63, 3.8) is 0 Å². The lowest BCUT2D eigenvalue weighted by Gasteiger charge is -2.28. The molecule has 254 valence electrons. The molecule has 1 aliphatic carbocycles. The number of halogens is 3. The first-order valence-corrected chi connectivity index (χ1v) is 17.9. The maximum absolute atomic E-state index is 13.4. The summed E-state index contributed by atoms with van der Waals surface area (Å²) in [6, 6.07) is 15.5. The van der Waals surface area contributed by atoms with Crippen molar-refractivity contribution in [1.82, 2.24) is 5.32 Å². The maximum Gasteiger partial charge on any atom is 0.336 e. The van der Waals surface area contributed by atoms with Crippen molar-refractivity contribution < 1.29 is 49.4 Å². The summed E-state index contributed by atoms with van der Waals surface area (Å²) in [6.07, 6.45) is 3.58. The number of carboxylic acids is 2. The topological polar surface area (TPSA) is 183 Å². The molecule has 2 unspecified atom stereocenters. The first-order chi connectivity index (χ1) is 23.8. The third kappa shape index (κ3) is 7.47. The van der Waals surface area contributed by atoms with Gasteiger partial charge in [-0.15, -0.1) is 0 Å². The van der Waals surface area contributed by atoms with Gasteiger partial charge in [0.1, 0.15) is 34.8 Å². The SMILES string of the molecule is O=C(NC(Cc1cc(I)c(Oc2ccc(O)c(I)c2)c(I)c1)C(=O)O)c1ccc(C2=C3C=CC(O)C=C3Oc3cc(O)ccc32)c(C(=O)O)c1. The number of carbonyl (C=O) groups is 3. The van der Waals surface area contributed by atoms with Crippen LogP contribution in [0.25, 0.3) is 5.57 Å². The highest BCUT2D eigenvalue weighted by atomic mass is 127. The average Bonchev–Trinajstić information content (AvgIpc) is 3.06. The van der Waals surface area contributed by atoms with Crippen molar-refractivity contribution in [3.05, 3.63) is 135 Å². The Morgan fingerprint density at radius 3 is 2.28 bits per heavy atom. The molecule has 0 saturated heterocycles. The van der Waals surface area contributed by atoms with Crippen LogP contribution in [0.4, 0.5) is 0 Å². The van der Waals surface area contributed by atoms with Gasteiger partial charge in [-0.25, -0.2) is 9.59 Å². The van der Waals surface area contributed by atoms with E-state index in [1.54, 1.807) is 36.4 Å². The first-order valence-electron chi connectivity index (χ1n) is 14.7. The molecule has 50 heavy (non-hydrogen) atoms. The number of phenols is 2. The fourth-order valence-corrected chi connectivity index (χ4v) is 8.09. The number of aromatic hydroxyl groups is 2. The second kappa shape index (κ2) is 14.6. The van der Waals surface area contributed by atoms with E-state index in [2.05, 4.69) is 50.5 Å². The predicted molar refractivity (Wildman–Crippen MR) is 207 cm³/mol. The van der Waals surface area contributed by atoms with Gasteiger partial charge >= 0.3 is 11.9 Å². The number of carbonyl (C=O) groups excluding carboxylic acids is 1. The highest BCUT2D eigenvalue weighted by Crippen LogP contribution is 2.45. The lowest BCUT2D eigenvalue weighted by Crippen LogP contribution is -2.42. The van der Waals surface area contributed by atoms with Crippen molar-refractivity contribution in [2.45, 2.75) is 18.6 Å². The minimum Gasteiger partial charge on any atom is -0.508 e. The van der Waals surface area contributed by atoms with E-state index in [0.717, 1.165) is 0 Å². The number of carboxylic acid groups (broad SMARTS) is 2. The normalized spacial score (nSPS) is 15.3. The summed E-state index contributed by atoms with van der Waals surface area (Å²) in [5.74, 6) is -1.75. The van der Waals surface area contributed by atoms with Gasteiger partial charge in [0.25, 0.3) is 5.91 Å². The third-order valence-electron chi connectivity index (χ3n) is 7.79.